The zero-order chi connectivity index (χ0) is 24.5. The van der Waals surface area contributed by atoms with E-state index in [-0.39, 0.29) is 17.5 Å². The van der Waals surface area contributed by atoms with Gasteiger partial charge >= 0.3 is 6.03 Å². The van der Waals surface area contributed by atoms with Gasteiger partial charge in [-0.1, -0.05) is 11.6 Å². The number of sulfonamides is 1. The second-order valence-corrected chi connectivity index (χ2v) is 10.8. The second kappa shape index (κ2) is 10.1. The van der Waals surface area contributed by atoms with Crippen molar-refractivity contribution in [3.05, 3.63) is 59.1 Å². The summed E-state index contributed by atoms with van der Waals surface area (Å²) in [7, 11) is -4.31. The Labute approximate surface area is 202 Å². The molecular formula is C23H26ClF2N3O4S. The third kappa shape index (κ3) is 5.13. The van der Waals surface area contributed by atoms with Crippen LogP contribution in [-0.4, -0.2) is 67.7 Å². The van der Waals surface area contributed by atoms with Gasteiger partial charge in [0.15, 0.2) is 0 Å². The van der Waals surface area contributed by atoms with E-state index in [2.05, 4.69) is 0 Å². The highest BCUT2D eigenvalue weighted by molar-refractivity contribution is 7.92. The second-order valence-electron chi connectivity index (χ2n) is 8.59. The summed E-state index contributed by atoms with van der Waals surface area (Å²) in [5.41, 5.74) is -0.407. The summed E-state index contributed by atoms with van der Waals surface area (Å²) in [5, 5.41) is 10.1. The summed E-state index contributed by atoms with van der Waals surface area (Å²) in [5.74, 6) is -1.66. The van der Waals surface area contributed by atoms with E-state index in [1.54, 1.807) is 9.80 Å². The summed E-state index contributed by atoms with van der Waals surface area (Å²) < 4.78 is 57.2. The summed E-state index contributed by atoms with van der Waals surface area (Å²) in [6, 6.07) is 7.07. The molecule has 184 valence electrons. The molecule has 2 aromatic rings. The quantitative estimate of drug-likeness (QED) is 0.673. The summed E-state index contributed by atoms with van der Waals surface area (Å²) >= 11 is 5.91. The maximum absolute atomic E-state index is 14.9. The Morgan fingerprint density at radius 2 is 1.68 bits per heavy atom. The van der Waals surface area contributed by atoms with E-state index in [4.69, 9.17) is 11.6 Å². The average molecular weight is 514 g/mol. The summed E-state index contributed by atoms with van der Waals surface area (Å²) in [6.45, 7) is 1.27. The number of amides is 2. The number of halogens is 3. The molecule has 2 saturated heterocycles. The molecule has 2 aromatic carbocycles. The van der Waals surface area contributed by atoms with Crippen LogP contribution in [0.15, 0.2) is 47.4 Å². The highest BCUT2D eigenvalue weighted by Crippen LogP contribution is 2.33. The first-order valence-corrected chi connectivity index (χ1v) is 13.0. The molecule has 2 aliphatic rings. The van der Waals surface area contributed by atoms with Crippen LogP contribution < -0.4 is 4.31 Å². The number of benzene rings is 2. The van der Waals surface area contributed by atoms with Crippen LogP contribution >= 0.6 is 11.6 Å². The van der Waals surface area contributed by atoms with Crippen LogP contribution in [-0.2, 0) is 10.0 Å². The van der Waals surface area contributed by atoms with Gasteiger partial charge in [-0.15, -0.1) is 0 Å². The number of hydrogen-bond donors (Lipinski definition) is 1. The highest BCUT2D eigenvalue weighted by atomic mass is 35.5. The van der Waals surface area contributed by atoms with E-state index in [1.807, 2.05) is 0 Å². The Kier molecular flexibility index (Phi) is 7.30. The molecule has 0 aromatic heterocycles. The third-order valence-electron chi connectivity index (χ3n) is 6.25. The van der Waals surface area contributed by atoms with Crippen molar-refractivity contribution in [2.24, 2.45) is 0 Å². The Morgan fingerprint density at radius 1 is 1.00 bits per heavy atom. The number of aliphatic hydroxyl groups is 1. The first-order valence-electron chi connectivity index (χ1n) is 11.1. The van der Waals surface area contributed by atoms with Gasteiger partial charge in [-0.2, -0.15) is 0 Å². The maximum atomic E-state index is 14.9. The number of carbonyl (C=O) groups excluding carboxylic acids is 1. The lowest BCUT2D eigenvalue weighted by Gasteiger charge is -2.42. The molecule has 4 rings (SSSR count). The molecule has 7 nitrogen and oxygen atoms in total. The molecule has 0 saturated carbocycles. The van der Waals surface area contributed by atoms with E-state index in [0.29, 0.717) is 50.3 Å². The summed E-state index contributed by atoms with van der Waals surface area (Å²) in [6.07, 6.45) is 1.39. The van der Waals surface area contributed by atoms with Gasteiger partial charge in [0.1, 0.15) is 11.6 Å². The number of hydrogen-bond acceptors (Lipinski definition) is 4. The van der Waals surface area contributed by atoms with Gasteiger partial charge in [0.05, 0.1) is 22.7 Å². The molecule has 1 unspecified atom stereocenters. The van der Waals surface area contributed by atoms with Crippen molar-refractivity contribution >= 4 is 33.3 Å². The van der Waals surface area contributed by atoms with Crippen molar-refractivity contribution in [2.45, 2.75) is 42.7 Å². The standard InChI is InChI=1S/C23H26ClF2N3O4S/c24-16-3-6-20(7-4-16)34(32,33)29(22-14-17(25)5-8-21(22)26)18-2-1-11-28(15-18)23(31)27-12-9-19(30)10-13-27/h3-8,14,18-19,30H,1-2,9-13,15H2. The number of rotatable bonds is 4. The summed E-state index contributed by atoms with van der Waals surface area (Å²) in [4.78, 5) is 16.2. The molecule has 0 aliphatic carbocycles. The van der Waals surface area contributed by atoms with Crippen molar-refractivity contribution in [1.29, 1.82) is 0 Å². The van der Waals surface area contributed by atoms with Crippen LogP contribution in [0.2, 0.25) is 5.02 Å². The first-order chi connectivity index (χ1) is 16.2. The molecule has 0 spiro atoms. The van der Waals surface area contributed by atoms with Gasteiger partial charge in [0.2, 0.25) is 0 Å². The maximum Gasteiger partial charge on any atom is 0.320 e. The molecule has 2 aliphatic heterocycles. The molecule has 0 bridgehead atoms. The molecule has 1 atom stereocenters. The smallest absolute Gasteiger partial charge is 0.320 e. The van der Waals surface area contributed by atoms with Crippen LogP contribution in [0.5, 0.6) is 0 Å². The predicted octanol–water partition coefficient (Wildman–Crippen LogP) is 3.85. The van der Waals surface area contributed by atoms with Crippen molar-refractivity contribution in [1.82, 2.24) is 9.80 Å². The van der Waals surface area contributed by atoms with Gasteiger partial charge in [0.25, 0.3) is 10.0 Å². The monoisotopic (exact) mass is 513 g/mol. The predicted molar refractivity (Wildman–Crippen MR) is 124 cm³/mol. The van der Waals surface area contributed by atoms with Crippen LogP contribution in [0.1, 0.15) is 25.7 Å². The van der Waals surface area contributed by atoms with Crippen LogP contribution in [0.3, 0.4) is 0 Å². The normalized spacial score (nSPS) is 19.8. The first kappa shape index (κ1) is 24.7. The lowest BCUT2D eigenvalue weighted by Crippen LogP contribution is -2.55. The van der Waals surface area contributed by atoms with E-state index < -0.39 is 39.5 Å². The number of likely N-dealkylation sites (tertiary alicyclic amines) is 2. The number of aliphatic hydroxyl groups excluding tert-OH is 1. The van der Waals surface area contributed by atoms with Gasteiger partial charge < -0.3 is 14.9 Å². The van der Waals surface area contributed by atoms with Gasteiger partial charge in [-0.05, 0) is 62.1 Å². The van der Waals surface area contributed by atoms with E-state index in [0.717, 1.165) is 22.5 Å². The molecule has 0 radical (unpaired) electrons. The van der Waals surface area contributed by atoms with Crippen molar-refractivity contribution < 1.29 is 27.1 Å². The number of carbonyl (C=O) groups is 1. The van der Waals surface area contributed by atoms with Crippen molar-refractivity contribution in [3.63, 3.8) is 0 Å². The Bertz CT molecular complexity index is 1140. The van der Waals surface area contributed by atoms with Gasteiger partial charge in [-0.3, -0.25) is 4.31 Å². The van der Waals surface area contributed by atoms with E-state index in [9.17, 15) is 27.1 Å². The Balaban J connectivity index is 1.68. The minimum atomic E-state index is -4.31. The Morgan fingerprint density at radius 3 is 2.35 bits per heavy atom. The lowest BCUT2D eigenvalue weighted by atomic mass is 10.0. The lowest BCUT2D eigenvalue weighted by molar-refractivity contribution is 0.0776. The molecule has 34 heavy (non-hydrogen) atoms. The van der Waals surface area contributed by atoms with E-state index >= 15 is 0 Å². The minimum absolute atomic E-state index is 0.0284. The Hall–Kier alpha value is -2.43. The number of piperidine rings is 2. The molecule has 2 heterocycles. The van der Waals surface area contributed by atoms with Crippen LogP contribution in [0.25, 0.3) is 0 Å². The molecule has 2 amide bonds. The zero-order valence-corrected chi connectivity index (χ0v) is 20.0. The highest BCUT2D eigenvalue weighted by Gasteiger charge is 2.38. The largest absolute Gasteiger partial charge is 0.393 e. The van der Waals surface area contributed by atoms with Crippen molar-refractivity contribution in [3.8, 4) is 0 Å². The zero-order valence-electron chi connectivity index (χ0n) is 18.4. The van der Waals surface area contributed by atoms with Gasteiger partial charge in [0, 0.05) is 37.3 Å². The number of urea groups is 1. The average Bonchev–Trinajstić information content (AvgIpc) is 2.82. The molecular weight excluding hydrogens is 488 g/mol. The van der Waals surface area contributed by atoms with Crippen LogP contribution in [0, 0.1) is 11.6 Å². The number of nitrogens with zero attached hydrogens (tertiary/aromatic N) is 3. The third-order valence-corrected chi connectivity index (χ3v) is 8.38. The minimum Gasteiger partial charge on any atom is -0.393 e. The molecule has 2 fully saturated rings. The van der Waals surface area contributed by atoms with Crippen molar-refractivity contribution in [2.75, 3.05) is 30.5 Å². The fraction of sp³-hybridized carbons (Fsp3) is 0.435. The number of anilines is 1. The SMILES string of the molecule is O=C(N1CCC(O)CC1)N1CCCC(N(c2cc(F)ccc2F)S(=O)(=O)c2ccc(Cl)cc2)C1. The van der Waals surface area contributed by atoms with E-state index in [1.165, 1.54) is 24.3 Å². The molecule has 11 heteroatoms. The van der Waals surface area contributed by atoms with Gasteiger partial charge in [-0.25, -0.2) is 22.0 Å². The molecule has 1 N–H and O–H groups in total. The van der Waals surface area contributed by atoms with Crippen LogP contribution in [0.4, 0.5) is 19.3 Å². The fourth-order valence-electron chi connectivity index (χ4n) is 4.47. The topological polar surface area (TPSA) is 81.2 Å². The fourth-order valence-corrected chi connectivity index (χ4v) is 6.27.